The second kappa shape index (κ2) is 5.50. The molecule has 0 fully saturated rings. The van der Waals surface area contributed by atoms with Gasteiger partial charge in [0.1, 0.15) is 0 Å². The average Bonchev–Trinajstić information content (AvgIpc) is 2.91. The van der Waals surface area contributed by atoms with Gasteiger partial charge < -0.3 is 4.42 Å². The molecule has 3 nitrogen and oxygen atoms in total. The van der Waals surface area contributed by atoms with Crippen molar-refractivity contribution in [2.75, 3.05) is 0 Å². The zero-order valence-corrected chi connectivity index (χ0v) is 11.0. The van der Waals surface area contributed by atoms with Crippen molar-refractivity contribution in [2.45, 2.75) is 37.2 Å². The number of hydrogen-bond donors (Lipinski definition) is 0. The predicted molar refractivity (Wildman–Crippen MR) is 67.0 cm³/mol. The van der Waals surface area contributed by atoms with Crippen molar-refractivity contribution in [1.29, 1.82) is 0 Å². The zero-order valence-electron chi connectivity index (χ0n) is 9.34. The molecule has 0 spiro atoms. The number of thioether (sulfide) groups is 1. The Kier molecular flexibility index (Phi) is 4.01. The van der Waals surface area contributed by atoms with Crippen LogP contribution in [0.1, 0.15) is 31.0 Å². The van der Waals surface area contributed by atoms with Crippen LogP contribution >= 0.6 is 23.1 Å². The second-order valence-corrected chi connectivity index (χ2v) is 5.98. The average molecular weight is 254 g/mol. The Balaban J connectivity index is 1.97. The van der Waals surface area contributed by atoms with Gasteiger partial charge in [0, 0.05) is 10.1 Å². The van der Waals surface area contributed by atoms with Gasteiger partial charge >= 0.3 is 0 Å². The van der Waals surface area contributed by atoms with E-state index in [1.54, 1.807) is 23.1 Å². The van der Waals surface area contributed by atoms with Gasteiger partial charge in [-0.25, -0.2) is 0 Å². The number of nitrogens with zero attached hydrogens (tertiary/aromatic N) is 2. The van der Waals surface area contributed by atoms with Gasteiger partial charge in [0.15, 0.2) is 0 Å². The van der Waals surface area contributed by atoms with Crippen LogP contribution in [0.3, 0.4) is 0 Å². The van der Waals surface area contributed by atoms with Gasteiger partial charge in [-0.1, -0.05) is 31.7 Å². The molecule has 1 unspecified atom stereocenters. The van der Waals surface area contributed by atoms with E-state index in [1.807, 2.05) is 6.07 Å². The van der Waals surface area contributed by atoms with Crippen LogP contribution in [0.15, 0.2) is 27.2 Å². The Hall–Kier alpha value is -0.810. The Morgan fingerprint density at radius 2 is 2.38 bits per heavy atom. The minimum atomic E-state index is 0.523. The summed E-state index contributed by atoms with van der Waals surface area (Å²) < 4.78 is 5.58. The summed E-state index contributed by atoms with van der Waals surface area (Å²) in [4.78, 5) is 1.25. The molecule has 2 aromatic rings. The van der Waals surface area contributed by atoms with E-state index < -0.39 is 0 Å². The third-order valence-electron chi connectivity index (χ3n) is 2.23. The van der Waals surface area contributed by atoms with Crippen molar-refractivity contribution in [3.8, 4) is 0 Å². The molecule has 0 saturated heterocycles. The molecule has 0 amide bonds. The first-order valence-corrected chi connectivity index (χ1v) is 7.05. The molecule has 0 radical (unpaired) electrons. The maximum atomic E-state index is 5.58. The van der Waals surface area contributed by atoms with Crippen molar-refractivity contribution >= 4 is 23.1 Å². The molecule has 0 aliphatic carbocycles. The molecule has 16 heavy (non-hydrogen) atoms. The zero-order chi connectivity index (χ0) is 11.4. The largest absolute Gasteiger partial charge is 0.416 e. The van der Waals surface area contributed by atoms with Gasteiger partial charge in [-0.05, 0) is 17.9 Å². The lowest BCUT2D eigenvalue weighted by Crippen LogP contribution is -1.91. The summed E-state index contributed by atoms with van der Waals surface area (Å²) in [7, 11) is 0. The standard InChI is InChI=1S/C11H14N2OS2/c1-3-8(2)16-11-13-12-10(14-11)7-9-5-4-6-15-9/h4-6,8H,3,7H2,1-2H3. The predicted octanol–water partition coefficient (Wildman–Crippen LogP) is 3.61. The lowest BCUT2D eigenvalue weighted by Gasteiger charge is -2.01. The maximum absolute atomic E-state index is 5.58. The van der Waals surface area contributed by atoms with Crippen molar-refractivity contribution < 1.29 is 4.42 Å². The Morgan fingerprint density at radius 3 is 3.06 bits per heavy atom. The number of thiophene rings is 1. The monoisotopic (exact) mass is 254 g/mol. The lowest BCUT2D eigenvalue weighted by atomic mass is 10.3. The molecule has 0 N–H and O–H groups in total. The molecule has 0 aliphatic rings. The smallest absolute Gasteiger partial charge is 0.276 e. The van der Waals surface area contributed by atoms with Crippen molar-refractivity contribution in [1.82, 2.24) is 10.2 Å². The van der Waals surface area contributed by atoms with E-state index in [1.165, 1.54) is 4.88 Å². The highest BCUT2D eigenvalue weighted by molar-refractivity contribution is 7.99. The van der Waals surface area contributed by atoms with Gasteiger partial charge in [-0.15, -0.1) is 21.5 Å². The van der Waals surface area contributed by atoms with E-state index in [0.717, 1.165) is 12.8 Å². The number of rotatable bonds is 5. The summed E-state index contributed by atoms with van der Waals surface area (Å²) in [5.74, 6) is 0.702. The van der Waals surface area contributed by atoms with Crippen LogP contribution in [0.4, 0.5) is 0 Å². The lowest BCUT2D eigenvalue weighted by molar-refractivity contribution is 0.420. The quantitative estimate of drug-likeness (QED) is 0.764. The molecular weight excluding hydrogens is 240 g/mol. The minimum absolute atomic E-state index is 0.523. The van der Waals surface area contributed by atoms with Crippen LogP contribution in [0, 0.1) is 0 Å². The molecule has 0 bridgehead atoms. The third kappa shape index (κ3) is 3.09. The van der Waals surface area contributed by atoms with Gasteiger partial charge in [0.05, 0.1) is 6.42 Å². The highest BCUT2D eigenvalue weighted by Gasteiger charge is 2.10. The van der Waals surface area contributed by atoms with Crippen LogP contribution in [-0.4, -0.2) is 15.4 Å². The first-order chi connectivity index (χ1) is 7.78. The summed E-state index contributed by atoms with van der Waals surface area (Å²) in [5.41, 5.74) is 0. The topological polar surface area (TPSA) is 38.9 Å². The highest BCUT2D eigenvalue weighted by Crippen LogP contribution is 2.24. The van der Waals surface area contributed by atoms with Crippen LogP contribution in [0.25, 0.3) is 0 Å². The van der Waals surface area contributed by atoms with Crippen LogP contribution in [0.2, 0.25) is 0 Å². The summed E-state index contributed by atoms with van der Waals surface area (Å²) in [6.45, 7) is 4.31. The third-order valence-corrected chi connectivity index (χ3v) is 4.21. The summed E-state index contributed by atoms with van der Waals surface area (Å²) in [6.07, 6.45) is 1.85. The summed E-state index contributed by atoms with van der Waals surface area (Å²) in [6, 6.07) is 4.11. The van der Waals surface area contributed by atoms with Crippen molar-refractivity contribution in [3.63, 3.8) is 0 Å². The van der Waals surface area contributed by atoms with Gasteiger partial charge in [-0.2, -0.15) is 0 Å². The van der Waals surface area contributed by atoms with E-state index in [9.17, 15) is 0 Å². The molecule has 2 heterocycles. The fourth-order valence-electron chi connectivity index (χ4n) is 1.17. The number of hydrogen-bond acceptors (Lipinski definition) is 5. The van der Waals surface area contributed by atoms with Crippen molar-refractivity contribution in [2.24, 2.45) is 0 Å². The van der Waals surface area contributed by atoms with E-state index in [0.29, 0.717) is 16.4 Å². The van der Waals surface area contributed by atoms with Crippen LogP contribution in [-0.2, 0) is 6.42 Å². The number of aromatic nitrogens is 2. The van der Waals surface area contributed by atoms with Gasteiger partial charge in [0.2, 0.25) is 5.89 Å². The first kappa shape index (κ1) is 11.7. The van der Waals surface area contributed by atoms with E-state index in [2.05, 4.69) is 35.5 Å². The van der Waals surface area contributed by atoms with Crippen LogP contribution < -0.4 is 0 Å². The molecular formula is C11H14N2OS2. The molecule has 86 valence electrons. The fourth-order valence-corrected chi connectivity index (χ4v) is 2.61. The van der Waals surface area contributed by atoms with E-state index in [4.69, 9.17) is 4.42 Å². The van der Waals surface area contributed by atoms with Gasteiger partial charge in [-0.3, -0.25) is 0 Å². The normalized spacial score (nSPS) is 12.9. The Labute approximate surface area is 103 Å². The molecule has 1 atom stereocenters. The fraction of sp³-hybridized carbons (Fsp3) is 0.455. The Bertz CT molecular complexity index is 425. The molecule has 0 saturated carbocycles. The van der Waals surface area contributed by atoms with Crippen LogP contribution in [0.5, 0.6) is 0 Å². The van der Waals surface area contributed by atoms with Crippen molar-refractivity contribution in [3.05, 3.63) is 28.3 Å². The SMILES string of the molecule is CCC(C)Sc1nnc(Cc2cccs2)o1. The summed E-state index contributed by atoms with van der Waals surface area (Å²) >= 11 is 3.35. The Morgan fingerprint density at radius 1 is 1.50 bits per heavy atom. The molecule has 5 heteroatoms. The minimum Gasteiger partial charge on any atom is -0.416 e. The molecule has 0 aromatic carbocycles. The maximum Gasteiger partial charge on any atom is 0.276 e. The molecule has 0 aliphatic heterocycles. The summed E-state index contributed by atoms with van der Waals surface area (Å²) in [5, 5.41) is 11.3. The highest BCUT2D eigenvalue weighted by atomic mass is 32.2. The van der Waals surface area contributed by atoms with Gasteiger partial charge in [0.25, 0.3) is 5.22 Å². The molecule has 2 rings (SSSR count). The second-order valence-electron chi connectivity index (χ2n) is 3.55. The molecule has 2 aromatic heterocycles. The first-order valence-electron chi connectivity index (χ1n) is 5.29. The van der Waals surface area contributed by atoms with E-state index >= 15 is 0 Å². The van der Waals surface area contributed by atoms with E-state index in [-0.39, 0.29) is 0 Å².